The van der Waals surface area contributed by atoms with Gasteiger partial charge in [0.05, 0.1) is 10.5 Å². The summed E-state index contributed by atoms with van der Waals surface area (Å²) in [5, 5.41) is 24.0. The Hall–Kier alpha value is -1.95. The minimum absolute atomic E-state index is 0.0712. The maximum Gasteiger partial charge on any atom is 0.282 e. The average molecular weight is 292 g/mol. The molecule has 0 saturated heterocycles. The van der Waals surface area contributed by atoms with E-state index in [1.807, 2.05) is 0 Å². The Morgan fingerprint density at radius 1 is 1.38 bits per heavy atom. The van der Waals surface area contributed by atoms with E-state index in [-0.39, 0.29) is 17.8 Å². The first-order valence-corrected chi connectivity index (χ1v) is 7.17. The summed E-state index contributed by atoms with van der Waals surface area (Å²) >= 11 is 0. The second-order valence-electron chi connectivity index (χ2n) is 5.69. The van der Waals surface area contributed by atoms with Gasteiger partial charge in [0.1, 0.15) is 5.56 Å². The summed E-state index contributed by atoms with van der Waals surface area (Å²) in [5.74, 6) is -0.501. The van der Waals surface area contributed by atoms with Crippen molar-refractivity contribution in [1.29, 1.82) is 0 Å². The number of amides is 1. The zero-order valence-corrected chi connectivity index (χ0v) is 12.1. The van der Waals surface area contributed by atoms with Crippen LogP contribution in [0.5, 0.6) is 0 Å². The van der Waals surface area contributed by atoms with E-state index >= 15 is 0 Å². The third-order valence-corrected chi connectivity index (χ3v) is 4.04. The lowest BCUT2D eigenvalue weighted by atomic mass is 9.85. The fraction of sp³-hybridized carbons (Fsp3) is 0.533. The largest absolute Gasteiger partial charge is 0.388 e. The summed E-state index contributed by atoms with van der Waals surface area (Å²) in [6, 6.07) is 4.54. The zero-order chi connectivity index (χ0) is 15.5. The fourth-order valence-electron chi connectivity index (χ4n) is 2.82. The molecule has 0 aromatic heterocycles. The highest BCUT2D eigenvalue weighted by molar-refractivity contribution is 5.99. The second kappa shape index (κ2) is 6.22. The summed E-state index contributed by atoms with van der Waals surface area (Å²) in [5.41, 5.74) is -0.465. The minimum atomic E-state index is -0.884. The normalized spacial score (nSPS) is 17.2. The van der Waals surface area contributed by atoms with Crippen LogP contribution in [0.1, 0.15) is 48.0 Å². The molecule has 0 atom stereocenters. The lowest BCUT2D eigenvalue weighted by Gasteiger charge is -2.32. The smallest absolute Gasteiger partial charge is 0.282 e. The van der Waals surface area contributed by atoms with E-state index in [9.17, 15) is 20.0 Å². The molecule has 0 spiro atoms. The molecule has 0 aliphatic heterocycles. The molecular formula is C15H20N2O4. The lowest BCUT2D eigenvalue weighted by Crippen LogP contribution is -2.44. The number of rotatable bonds is 4. The molecule has 114 valence electrons. The van der Waals surface area contributed by atoms with Crippen molar-refractivity contribution in [2.45, 2.75) is 44.6 Å². The van der Waals surface area contributed by atoms with Gasteiger partial charge in [0.15, 0.2) is 0 Å². The third kappa shape index (κ3) is 3.58. The Balaban J connectivity index is 2.12. The van der Waals surface area contributed by atoms with Crippen molar-refractivity contribution in [2.75, 3.05) is 6.54 Å². The number of hydrogen-bond donors (Lipinski definition) is 2. The molecule has 1 amide bonds. The van der Waals surface area contributed by atoms with E-state index in [4.69, 9.17) is 0 Å². The van der Waals surface area contributed by atoms with Crippen LogP contribution in [0.4, 0.5) is 5.69 Å². The quantitative estimate of drug-likeness (QED) is 0.658. The van der Waals surface area contributed by atoms with Crippen molar-refractivity contribution in [3.63, 3.8) is 0 Å². The second-order valence-corrected chi connectivity index (χ2v) is 5.69. The van der Waals surface area contributed by atoms with Gasteiger partial charge >= 0.3 is 0 Å². The standard InChI is InChI=1S/C15H20N2O4/c1-11-6-5-7-12(17(20)21)13(11)14(18)16-10-15(19)8-3-2-4-9-15/h5-7,19H,2-4,8-10H2,1H3,(H,16,18). The lowest BCUT2D eigenvalue weighted by molar-refractivity contribution is -0.385. The molecule has 0 heterocycles. The van der Waals surface area contributed by atoms with Crippen LogP contribution in [0, 0.1) is 17.0 Å². The monoisotopic (exact) mass is 292 g/mol. The van der Waals surface area contributed by atoms with Crippen LogP contribution in [-0.4, -0.2) is 28.1 Å². The van der Waals surface area contributed by atoms with E-state index in [0.717, 1.165) is 19.3 Å². The summed E-state index contributed by atoms with van der Waals surface area (Å²) < 4.78 is 0. The van der Waals surface area contributed by atoms with Crippen LogP contribution < -0.4 is 5.32 Å². The first-order chi connectivity index (χ1) is 9.93. The summed E-state index contributed by atoms with van der Waals surface area (Å²) in [4.78, 5) is 22.7. The summed E-state index contributed by atoms with van der Waals surface area (Å²) in [6.45, 7) is 1.80. The molecule has 0 radical (unpaired) electrons. The van der Waals surface area contributed by atoms with Gasteiger partial charge in [-0.25, -0.2) is 0 Å². The fourth-order valence-corrected chi connectivity index (χ4v) is 2.82. The number of nitrogens with one attached hydrogen (secondary N) is 1. The van der Waals surface area contributed by atoms with Crippen LogP contribution in [0.15, 0.2) is 18.2 Å². The highest BCUT2D eigenvalue weighted by Crippen LogP contribution is 2.28. The average Bonchev–Trinajstić information content (AvgIpc) is 2.45. The molecule has 1 aromatic rings. The van der Waals surface area contributed by atoms with E-state index in [1.165, 1.54) is 6.07 Å². The van der Waals surface area contributed by atoms with Gasteiger partial charge in [0.2, 0.25) is 0 Å². The van der Waals surface area contributed by atoms with Crippen molar-refractivity contribution in [1.82, 2.24) is 5.32 Å². The molecule has 0 bridgehead atoms. The van der Waals surface area contributed by atoms with Gasteiger partial charge in [-0.05, 0) is 25.3 Å². The molecular weight excluding hydrogens is 272 g/mol. The first-order valence-electron chi connectivity index (χ1n) is 7.17. The van der Waals surface area contributed by atoms with Gasteiger partial charge in [-0.15, -0.1) is 0 Å². The Kier molecular flexibility index (Phi) is 4.57. The number of nitro benzene ring substituents is 1. The molecule has 1 aliphatic rings. The van der Waals surface area contributed by atoms with Gasteiger partial charge in [0, 0.05) is 12.6 Å². The van der Waals surface area contributed by atoms with Crippen LogP contribution in [0.3, 0.4) is 0 Å². The molecule has 6 heteroatoms. The number of aryl methyl sites for hydroxylation is 1. The Labute approximate surface area is 123 Å². The van der Waals surface area contributed by atoms with Crippen molar-refractivity contribution >= 4 is 11.6 Å². The maximum atomic E-state index is 12.2. The van der Waals surface area contributed by atoms with E-state index < -0.39 is 16.4 Å². The van der Waals surface area contributed by atoms with Crippen LogP contribution in [-0.2, 0) is 0 Å². The number of carbonyl (C=O) groups is 1. The van der Waals surface area contributed by atoms with Gasteiger partial charge in [-0.1, -0.05) is 31.4 Å². The molecule has 1 fully saturated rings. The van der Waals surface area contributed by atoms with Crippen LogP contribution in [0.2, 0.25) is 0 Å². The highest BCUT2D eigenvalue weighted by Gasteiger charge is 2.30. The van der Waals surface area contributed by atoms with Gasteiger partial charge < -0.3 is 10.4 Å². The topological polar surface area (TPSA) is 92.5 Å². The predicted molar refractivity (Wildman–Crippen MR) is 78.2 cm³/mol. The number of nitrogens with zero attached hydrogens (tertiary/aromatic N) is 1. The molecule has 1 saturated carbocycles. The minimum Gasteiger partial charge on any atom is -0.388 e. The molecule has 1 aromatic carbocycles. The highest BCUT2D eigenvalue weighted by atomic mass is 16.6. The van der Waals surface area contributed by atoms with Gasteiger partial charge in [-0.3, -0.25) is 14.9 Å². The van der Waals surface area contributed by atoms with E-state index in [1.54, 1.807) is 19.1 Å². The number of carbonyl (C=O) groups excluding carboxylic acids is 1. The maximum absolute atomic E-state index is 12.2. The van der Waals surface area contributed by atoms with Gasteiger partial charge in [0.25, 0.3) is 11.6 Å². The van der Waals surface area contributed by atoms with Crippen LogP contribution >= 0.6 is 0 Å². The number of aliphatic hydroxyl groups is 1. The Morgan fingerprint density at radius 2 is 2.05 bits per heavy atom. The molecule has 2 rings (SSSR count). The molecule has 6 nitrogen and oxygen atoms in total. The van der Waals surface area contributed by atoms with Crippen molar-refractivity contribution in [2.24, 2.45) is 0 Å². The SMILES string of the molecule is Cc1cccc([N+](=O)[O-])c1C(=O)NCC1(O)CCCCC1. The van der Waals surface area contributed by atoms with E-state index in [0.29, 0.717) is 18.4 Å². The summed E-state index contributed by atoms with van der Waals surface area (Å²) in [7, 11) is 0. The Bertz CT molecular complexity index is 551. The zero-order valence-electron chi connectivity index (χ0n) is 12.1. The van der Waals surface area contributed by atoms with Crippen LogP contribution in [0.25, 0.3) is 0 Å². The molecule has 21 heavy (non-hydrogen) atoms. The van der Waals surface area contributed by atoms with Crippen molar-refractivity contribution in [3.05, 3.63) is 39.4 Å². The number of benzene rings is 1. The molecule has 2 N–H and O–H groups in total. The van der Waals surface area contributed by atoms with Crippen molar-refractivity contribution < 1.29 is 14.8 Å². The summed E-state index contributed by atoms with van der Waals surface area (Å²) in [6.07, 6.45) is 4.29. The van der Waals surface area contributed by atoms with Crippen molar-refractivity contribution in [3.8, 4) is 0 Å². The van der Waals surface area contributed by atoms with Gasteiger partial charge in [-0.2, -0.15) is 0 Å². The third-order valence-electron chi connectivity index (χ3n) is 4.04. The van der Waals surface area contributed by atoms with E-state index in [2.05, 4.69) is 5.32 Å². The predicted octanol–water partition coefficient (Wildman–Crippen LogP) is 2.33. The molecule has 0 unspecified atom stereocenters. The number of hydrogen-bond acceptors (Lipinski definition) is 4. The molecule has 1 aliphatic carbocycles. The first kappa shape index (κ1) is 15.4. The number of nitro groups is 1. The Morgan fingerprint density at radius 3 is 2.67 bits per heavy atom.